The van der Waals surface area contributed by atoms with Crippen molar-refractivity contribution in [3.63, 3.8) is 0 Å². The molecule has 1 aliphatic carbocycles. The van der Waals surface area contributed by atoms with Crippen molar-refractivity contribution in [2.45, 2.75) is 40.3 Å². The second-order valence-corrected chi connectivity index (χ2v) is 12.7. The summed E-state index contributed by atoms with van der Waals surface area (Å²) in [5.41, 5.74) is 3.04. The number of piperazine rings is 1. The fourth-order valence-electron chi connectivity index (χ4n) is 6.35. The van der Waals surface area contributed by atoms with E-state index in [0.717, 1.165) is 22.7 Å². The molecular weight excluding hydrogens is 512 g/mol. The van der Waals surface area contributed by atoms with Crippen LogP contribution in [-0.4, -0.2) is 75.1 Å². The van der Waals surface area contributed by atoms with Crippen LogP contribution in [0.3, 0.4) is 0 Å². The first-order chi connectivity index (χ1) is 18.5. The van der Waals surface area contributed by atoms with E-state index in [1.54, 1.807) is 12.3 Å². The van der Waals surface area contributed by atoms with Crippen LogP contribution in [0.25, 0.3) is 21.5 Å². The van der Waals surface area contributed by atoms with E-state index >= 15 is 0 Å². The van der Waals surface area contributed by atoms with Crippen LogP contribution < -0.4 is 0 Å². The Labute approximate surface area is 231 Å². The maximum absolute atomic E-state index is 14.0. The maximum atomic E-state index is 14.0. The summed E-state index contributed by atoms with van der Waals surface area (Å²) >= 11 is 1.44. The second-order valence-electron chi connectivity index (χ2n) is 11.6. The summed E-state index contributed by atoms with van der Waals surface area (Å²) in [4.78, 5) is 55.2. The van der Waals surface area contributed by atoms with Crippen molar-refractivity contribution in [3.05, 3.63) is 46.1 Å². The van der Waals surface area contributed by atoms with Gasteiger partial charge in [-0.2, -0.15) is 5.26 Å². The average Bonchev–Trinajstić information content (AvgIpc) is 3.13. The van der Waals surface area contributed by atoms with Crippen LogP contribution in [-0.2, 0) is 16.1 Å². The zero-order valence-electron chi connectivity index (χ0n) is 22.7. The number of thiophene rings is 1. The van der Waals surface area contributed by atoms with E-state index in [1.807, 2.05) is 51.8 Å². The van der Waals surface area contributed by atoms with Gasteiger partial charge in [0.2, 0.25) is 11.8 Å². The highest BCUT2D eigenvalue weighted by atomic mass is 32.1. The number of pyridine rings is 2. The summed E-state index contributed by atoms with van der Waals surface area (Å²) in [6.07, 6.45) is 1.67. The second kappa shape index (κ2) is 8.93. The highest BCUT2D eigenvalue weighted by Crippen LogP contribution is 2.63. The van der Waals surface area contributed by atoms with Crippen molar-refractivity contribution in [2.75, 3.05) is 26.7 Å². The molecule has 0 spiro atoms. The fourth-order valence-corrected chi connectivity index (χ4v) is 7.46. The molecule has 3 atom stereocenters. The smallest absolute Gasteiger partial charge is 0.256 e. The van der Waals surface area contributed by atoms with E-state index in [4.69, 9.17) is 0 Å². The van der Waals surface area contributed by atoms with Crippen molar-refractivity contribution < 1.29 is 14.4 Å². The van der Waals surface area contributed by atoms with Gasteiger partial charge in [-0.05, 0) is 50.1 Å². The molecule has 3 fully saturated rings. The van der Waals surface area contributed by atoms with Gasteiger partial charge in [-0.15, -0.1) is 11.3 Å². The number of hydrogen-bond donors (Lipinski definition) is 0. The summed E-state index contributed by atoms with van der Waals surface area (Å²) < 4.78 is 0.805. The van der Waals surface area contributed by atoms with E-state index < -0.39 is 0 Å². The van der Waals surface area contributed by atoms with Crippen LogP contribution in [0.4, 0.5) is 0 Å². The molecule has 200 valence electrons. The molecule has 2 aliphatic heterocycles. The van der Waals surface area contributed by atoms with E-state index in [1.165, 1.54) is 16.2 Å². The summed E-state index contributed by atoms with van der Waals surface area (Å²) in [6.45, 7) is 10.2. The monoisotopic (exact) mass is 542 g/mol. The van der Waals surface area contributed by atoms with Crippen molar-refractivity contribution in [2.24, 2.45) is 17.3 Å². The first-order valence-corrected chi connectivity index (χ1v) is 14.0. The number of aromatic nitrogens is 2. The number of nitriles is 1. The lowest BCUT2D eigenvalue weighted by Gasteiger charge is -2.38. The first kappa shape index (κ1) is 25.6. The minimum atomic E-state index is -0.251. The molecule has 9 nitrogen and oxygen atoms in total. The topological polar surface area (TPSA) is 110 Å². The molecule has 0 aromatic carbocycles. The Balaban J connectivity index is 1.40. The lowest BCUT2D eigenvalue weighted by molar-refractivity contribution is -0.143. The van der Waals surface area contributed by atoms with Gasteiger partial charge < -0.3 is 9.80 Å². The minimum absolute atomic E-state index is 0.0386. The van der Waals surface area contributed by atoms with Gasteiger partial charge in [-0.25, -0.2) is 4.98 Å². The minimum Gasteiger partial charge on any atom is -0.333 e. The van der Waals surface area contributed by atoms with Gasteiger partial charge in [0.05, 0.1) is 39.9 Å². The zero-order chi connectivity index (χ0) is 27.8. The van der Waals surface area contributed by atoms with Crippen molar-refractivity contribution in [1.82, 2.24) is 24.7 Å². The molecule has 10 heteroatoms. The molecule has 39 heavy (non-hydrogen) atoms. The number of imide groups is 1. The predicted molar refractivity (Wildman–Crippen MR) is 147 cm³/mol. The Morgan fingerprint density at radius 2 is 1.92 bits per heavy atom. The number of carbonyl (C=O) groups is 3. The molecule has 3 aromatic rings. The molecular formula is C29H30N6O3S. The Kier molecular flexibility index (Phi) is 5.86. The zero-order valence-corrected chi connectivity index (χ0v) is 23.5. The number of aryl methyl sites for hydroxylation is 1. The van der Waals surface area contributed by atoms with Crippen molar-refractivity contribution in [1.29, 1.82) is 5.26 Å². The van der Waals surface area contributed by atoms with Gasteiger partial charge >= 0.3 is 0 Å². The summed E-state index contributed by atoms with van der Waals surface area (Å²) in [5.74, 6) is -0.751. The number of nitrogens with zero attached hydrogens (tertiary/aromatic N) is 6. The predicted octanol–water partition coefficient (Wildman–Crippen LogP) is 3.46. The summed E-state index contributed by atoms with van der Waals surface area (Å²) in [5, 5.41) is 9.68. The lowest BCUT2D eigenvalue weighted by atomic mass is 9.98. The number of amides is 3. The normalized spacial score (nSPS) is 24.3. The largest absolute Gasteiger partial charge is 0.333 e. The van der Waals surface area contributed by atoms with Gasteiger partial charge in [0.1, 0.15) is 11.8 Å². The Bertz CT molecular complexity index is 1580. The maximum Gasteiger partial charge on any atom is 0.256 e. The van der Waals surface area contributed by atoms with Gasteiger partial charge in [0.25, 0.3) is 5.91 Å². The van der Waals surface area contributed by atoms with E-state index in [0.29, 0.717) is 34.4 Å². The average molecular weight is 543 g/mol. The number of carbonyl (C=O) groups excluding carboxylic acids is 3. The Morgan fingerprint density at radius 3 is 2.59 bits per heavy atom. The SMILES string of the molecule is Cc1cc(C#N)nc(-c2ccnc3cc(CN4C(=O)C5C(C4=O)C5(C)C)sc23)c1C(=O)N1CCN(C)CC1C. The molecule has 3 aromatic heterocycles. The summed E-state index contributed by atoms with van der Waals surface area (Å²) in [6, 6.07) is 7.54. The number of piperidine rings is 1. The molecule has 2 saturated heterocycles. The van der Waals surface area contributed by atoms with Crippen LogP contribution >= 0.6 is 11.3 Å². The molecule has 3 unspecified atom stereocenters. The van der Waals surface area contributed by atoms with Gasteiger partial charge in [-0.3, -0.25) is 24.3 Å². The molecule has 1 saturated carbocycles. The van der Waals surface area contributed by atoms with E-state index in [2.05, 4.69) is 20.9 Å². The molecule has 6 rings (SSSR count). The fraction of sp³-hybridized carbons (Fsp3) is 0.448. The third-order valence-corrected chi connectivity index (χ3v) is 9.70. The van der Waals surface area contributed by atoms with E-state index in [-0.39, 0.29) is 53.3 Å². The third-order valence-electron chi connectivity index (χ3n) is 8.56. The molecule has 0 bridgehead atoms. The van der Waals surface area contributed by atoms with Crippen LogP contribution in [0, 0.1) is 35.5 Å². The molecule has 5 heterocycles. The van der Waals surface area contributed by atoms with Gasteiger partial charge in [0.15, 0.2) is 0 Å². The lowest BCUT2D eigenvalue weighted by Crippen LogP contribution is -2.52. The van der Waals surface area contributed by atoms with Crippen LogP contribution in [0.15, 0.2) is 24.4 Å². The summed E-state index contributed by atoms with van der Waals surface area (Å²) in [7, 11) is 2.05. The van der Waals surface area contributed by atoms with Gasteiger partial charge in [0, 0.05) is 42.3 Å². The molecule has 3 amide bonds. The van der Waals surface area contributed by atoms with Crippen LogP contribution in [0.1, 0.15) is 47.3 Å². The molecule has 0 radical (unpaired) electrons. The van der Waals surface area contributed by atoms with Gasteiger partial charge in [-0.1, -0.05) is 13.8 Å². The third kappa shape index (κ3) is 3.95. The molecule has 3 aliphatic rings. The van der Waals surface area contributed by atoms with E-state index in [9.17, 15) is 19.6 Å². The number of likely N-dealkylation sites (N-methyl/N-ethyl adjacent to an activating group) is 1. The quantitative estimate of drug-likeness (QED) is 0.464. The highest BCUT2D eigenvalue weighted by Gasteiger charge is 2.72. The highest BCUT2D eigenvalue weighted by molar-refractivity contribution is 7.19. The van der Waals surface area contributed by atoms with Crippen LogP contribution in [0.5, 0.6) is 0 Å². The first-order valence-electron chi connectivity index (χ1n) is 13.2. The Morgan fingerprint density at radius 1 is 1.21 bits per heavy atom. The standard InChI is InChI=1S/C29H30N6O3S/c1-15-10-17(12-30)32-24(21(15)26(36)34-9-8-33(5)13-16(34)2)19-6-7-31-20-11-18(39-25(19)20)14-35-27(37)22-23(28(35)38)29(22,3)4/h6-7,10-11,16,22-23H,8-9,13-14H2,1-5H3. The number of likely N-dealkylation sites (tertiary alicyclic amines) is 1. The number of hydrogen-bond acceptors (Lipinski definition) is 8. The Hall–Kier alpha value is -3.68. The molecule has 0 N–H and O–H groups in total. The van der Waals surface area contributed by atoms with Crippen molar-refractivity contribution >= 4 is 39.3 Å². The van der Waals surface area contributed by atoms with Crippen molar-refractivity contribution in [3.8, 4) is 17.3 Å². The van der Waals surface area contributed by atoms with Crippen LogP contribution in [0.2, 0.25) is 0 Å². The number of rotatable bonds is 4. The number of fused-ring (bicyclic) bond motifs is 2.